The molecule has 1 heterocycles. The quantitative estimate of drug-likeness (QED) is 0.513. The summed E-state index contributed by atoms with van der Waals surface area (Å²) >= 11 is 0. The molecule has 3 heteroatoms. The van der Waals surface area contributed by atoms with Crippen LogP contribution >= 0.6 is 8.20 Å². The Morgan fingerprint density at radius 1 is 1.36 bits per heavy atom. The second-order valence-electron chi connectivity index (χ2n) is 3.44. The molecule has 0 aromatic heterocycles. The van der Waals surface area contributed by atoms with Crippen molar-refractivity contribution in [1.29, 1.82) is 0 Å². The summed E-state index contributed by atoms with van der Waals surface area (Å²) in [5, 5.41) is 0. The van der Waals surface area contributed by atoms with Crippen molar-refractivity contribution in [2.24, 2.45) is 0 Å². The Balaban J connectivity index is 2.25. The van der Waals surface area contributed by atoms with Gasteiger partial charge in [0.2, 0.25) is 0 Å². The number of nitrogens with zero attached hydrogens (tertiary/aromatic N) is 1. The van der Waals surface area contributed by atoms with Crippen molar-refractivity contribution in [2.45, 2.75) is 0 Å². The minimum atomic E-state index is -0.507. The van der Waals surface area contributed by atoms with Crippen LogP contribution in [0.4, 0.5) is 0 Å². The third kappa shape index (κ3) is 2.40. The SMILES string of the molecule is CN1CCP=C/[Si]1=C/c1ccccc1. The summed E-state index contributed by atoms with van der Waals surface area (Å²) in [6.45, 7) is 1.25. The molecule has 0 fully saturated rings. The highest BCUT2D eigenvalue weighted by atomic mass is 31.1. The highest BCUT2D eigenvalue weighted by Crippen LogP contribution is 2.03. The van der Waals surface area contributed by atoms with Crippen LogP contribution in [0.15, 0.2) is 30.3 Å². The Hall–Kier alpha value is -0.723. The smallest absolute Gasteiger partial charge is 0.158 e. The number of rotatable bonds is 1. The first-order valence-electron chi connectivity index (χ1n) is 4.84. The molecule has 0 amide bonds. The third-order valence-corrected chi connectivity index (χ3v) is 6.32. The summed E-state index contributed by atoms with van der Waals surface area (Å²) in [6.07, 6.45) is 1.30. The van der Waals surface area contributed by atoms with E-state index >= 15 is 0 Å². The summed E-state index contributed by atoms with van der Waals surface area (Å²) < 4.78 is 2.49. The second kappa shape index (κ2) is 4.67. The van der Waals surface area contributed by atoms with Crippen LogP contribution < -0.4 is 0 Å². The Morgan fingerprint density at radius 2 is 2.14 bits per heavy atom. The lowest BCUT2D eigenvalue weighted by molar-refractivity contribution is 0.576. The van der Waals surface area contributed by atoms with Gasteiger partial charge >= 0.3 is 0 Å². The van der Waals surface area contributed by atoms with Gasteiger partial charge in [0.1, 0.15) is 0 Å². The van der Waals surface area contributed by atoms with Gasteiger partial charge in [0.25, 0.3) is 0 Å². The van der Waals surface area contributed by atoms with E-state index < -0.39 is 8.57 Å². The summed E-state index contributed by atoms with van der Waals surface area (Å²) in [4.78, 5) is 0. The lowest BCUT2D eigenvalue weighted by Crippen LogP contribution is -2.36. The van der Waals surface area contributed by atoms with Crippen LogP contribution in [0.3, 0.4) is 0 Å². The van der Waals surface area contributed by atoms with Gasteiger partial charge in [-0.2, -0.15) is 0 Å². The number of benzene rings is 1. The molecule has 0 bridgehead atoms. The molecule has 1 aromatic carbocycles. The topological polar surface area (TPSA) is 3.24 Å². The lowest BCUT2D eigenvalue weighted by Gasteiger charge is -2.22. The van der Waals surface area contributed by atoms with Gasteiger partial charge in [0, 0.05) is 12.7 Å². The van der Waals surface area contributed by atoms with Gasteiger partial charge in [-0.25, -0.2) is 0 Å². The molecule has 0 radical (unpaired) electrons. The van der Waals surface area contributed by atoms with Crippen molar-refractivity contribution in [1.82, 2.24) is 4.57 Å². The zero-order valence-electron chi connectivity index (χ0n) is 8.35. The van der Waals surface area contributed by atoms with E-state index in [0.717, 1.165) is 0 Å². The van der Waals surface area contributed by atoms with E-state index in [-0.39, 0.29) is 0 Å². The summed E-state index contributed by atoms with van der Waals surface area (Å²) in [7, 11) is 3.25. The predicted octanol–water partition coefficient (Wildman–Crippen LogP) is 1.64. The maximum absolute atomic E-state index is 2.49. The predicted molar refractivity (Wildman–Crippen MR) is 67.8 cm³/mol. The Bertz CT molecular complexity index is 359. The third-order valence-electron chi connectivity index (χ3n) is 2.34. The first kappa shape index (κ1) is 9.82. The number of hydrogen-bond acceptors (Lipinski definition) is 1. The van der Waals surface area contributed by atoms with E-state index in [2.05, 4.69) is 53.0 Å². The van der Waals surface area contributed by atoms with Crippen LogP contribution in [-0.2, 0) is 0 Å². The molecule has 0 N–H and O–H groups in total. The molecule has 2 rings (SSSR count). The maximum atomic E-state index is 2.49. The normalized spacial score (nSPS) is 20.1. The molecular formula is C11H14NPSi. The van der Waals surface area contributed by atoms with Crippen LogP contribution in [0.5, 0.6) is 0 Å². The van der Waals surface area contributed by atoms with E-state index in [1.165, 1.54) is 26.5 Å². The molecule has 1 nitrogen and oxygen atoms in total. The van der Waals surface area contributed by atoms with Gasteiger partial charge in [-0.05, 0) is 18.0 Å². The molecule has 0 unspecified atom stereocenters. The molecule has 0 saturated heterocycles. The van der Waals surface area contributed by atoms with Crippen molar-refractivity contribution in [2.75, 3.05) is 19.8 Å². The molecule has 14 heavy (non-hydrogen) atoms. The maximum Gasteiger partial charge on any atom is 0.158 e. The van der Waals surface area contributed by atoms with Gasteiger partial charge in [-0.3, -0.25) is 0 Å². The van der Waals surface area contributed by atoms with Gasteiger partial charge in [0.15, 0.2) is 8.57 Å². The van der Waals surface area contributed by atoms with Crippen molar-refractivity contribution < 1.29 is 0 Å². The van der Waals surface area contributed by atoms with Gasteiger partial charge < -0.3 is 4.57 Å². The average Bonchev–Trinajstić information content (AvgIpc) is 2.23. The molecule has 0 atom stereocenters. The van der Waals surface area contributed by atoms with Crippen molar-refractivity contribution in [3.63, 3.8) is 0 Å². The first-order valence-corrected chi connectivity index (χ1v) is 7.59. The van der Waals surface area contributed by atoms with E-state index in [4.69, 9.17) is 0 Å². The zero-order valence-corrected chi connectivity index (χ0v) is 10.2. The minimum absolute atomic E-state index is 0.507. The van der Waals surface area contributed by atoms with Gasteiger partial charge in [-0.15, -0.1) is 8.20 Å². The Labute approximate surface area is 88.5 Å². The minimum Gasteiger partial charge on any atom is -0.406 e. The highest BCUT2D eigenvalue weighted by molar-refractivity contribution is 7.45. The van der Waals surface area contributed by atoms with E-state index in [9.17, 15) is 0 Å². The molecule has 0 spiro atoms. The molecule has 0 saturated carbocycles. The van der Waals surface area contributed by atoms with E-state index in [1.54, 1.807) is 0 Å². The van der Waals surface area contributed by atoms with Crippen molar-refractivity contribution in [3.05, 3.63) is 35.9 Å². The fraction of sp³-hybridized carbons (Fsp3) is 0.273. The monoisotopic (exact) mass is 219 g/mol. The second-order valence-corrected chi connectivity index (χ2v) is 7.18. The number of hydrogen-bond donors (Lipinski definition) is 0. The van der Waals surface area contributed by atoms with Crippen molar-refractivity contribution >= 4 is 27.9 Å². The van der Waals surface area contributed by atoms with Crippen LogP contribution in [0.1, 0.15) is 5.56 Å². The van der Waals surface area contributed by atoms with Crippen LogP contribution in [0.2, 0.25) is 0 Å². The molecule has 1 aromatic rings. The summed E-state index contributed by atoms with van der Waals surface area (Å²) in [5.41, 5.74) is 6.26. The summed E-state index contributed by atoms with van der Waals surface area (Å²) in [5.74, 6) is 0. The molecule has 1 aliphatic heterocycles. The first-order chi connectivity index (χ1) is 6.86. The van der Waals surface area contributed by atoms with Crippen LogP contribution in [0.25, 0.3) is 0 Å². The molecule has 0 aliphatic carbocycles. The Kier molecular flexibility index (Phi) is 3.28. The van der Waals surface area contributed by atoms with E-state index in [0.29, 0.717) is 0 Å². The van der Waals surface area contributed by atoms with E-state index in [1.807, 2.05) is 0 Å². The van der Waals surface area contributed by atoms with Crippen LogP contribution in [0, 0.1) is 0 Å². The molecule has 1 aliphatic rings. The standard InChI is InChI=1S/C11H14NPSi/c1-12-7-8-13-10-14(12)9-11-5-3-2-4-6-11/h2-6,9-10H,7-8H2,1H3/b14-9-. The Morgan fingerprint density at radius 3 is 2.86 bits per heavy atom. The fourth-order valence-corrected chi connectivity index (χ4v) is 5.54. The van der Waals surface area contributed by atoms with Gasteiger partial charge in [0.05, 0.1) is 0 Å². The summed E-state index contributed by atoms with van der Waals surface area (Å²) in [6, 6.07) is 10.7. The largest absolute Gasteiger partial charge is 0.406 e. The van der Waals surface area contributed by atoms with Crippen molar-refractivity contribution in [3.8, 4) is 0 Å². The molecular weight excluding hydrogens is 205 g/mol. The van der Waals surface area contributed by atoms with Crippen LogP contribution in [-0.4, -0.2) is 44.0 Å². The van der Waals surface area contributed by atoms with Gasteiger partial charge in [-0.1, -0.05) is 36.0 Å². The zero-order chi connectivity index (χ0) is 9.80. The average molecular weight is 219 g/mol. The molecule has 72 valence electrons. The fourth-order valence-electron chi connectivity index (χ4n) is 1.46. The highest BCUT2D eigenvalue weighted by Gasteiger charge is 2.06. The lowest BCUT2D eigenvalue weighted by atomic mass is 10.2.